The minimum absolute atomic E-state index is 0.0851. The van der Waals surface area contributed by atoms with Crippen molar-refractivity contribution in [1.29, 1.82) is 0 Å². The van der Waals surface area contributed by atoms with Gasteiger partial charge in [-0.3, -0.25) is 14.9 Å². The van der Waals surface area contributed by atoms with Gasteiger partial charge in [0.15, 0.2) is 5.75 Å². The lowest BCUT2D eigenvalue weighted by atomic mass is 10.2. The number of ether oxygens (including phenoxy) is 1. The van der Waals surface area contributed by atoms with E-state index in [1.807, 2.05) is 30.3 Å². The molecular weight excluding hydrogens is 346 g/mol. The van der Waals surface area contributed by atoms with Crippen LogP contribution in [-0.4, -0.2) is 17.4 Å². The van der Waals surface area contributed by atoms with Gasteiger partial charge in [-0.25, -0.2) is 0 Å². The molecule has 0 aliphatic carbocycles. The Morgan fingerprint density at radius 3 is 2.26 bits per heavy atom. The van der Waals surface area contributed by atoms with Gasteiger partial charge in [-0.15, -0.1) is 0 Å². The fraction of sp³-hybridized carbons (Fsp3) is 0.0500. The molecule has 136 valence electrons. The Balaban J connectivity index is 1.66. The average Bonchev–Trinajstić information content (AvgIpc) is 2.69. The predicted octanol–water partition coefficient (Wildman–Crippen LogP) is 4.44. The van der Waals surface area contributed by atoms with E-state index in [1.54, 1.807) is 42.5 Å². The lowest BCUT2D eigenvalue weighted by Crippen LogP contribution is -2.22. The van der Waals surface area contributed by atoms with Gasteiger partial charge in [0.1, 0.15) is 11.4 Å². The van der Waals surface area contributed by atoms with Crippen LogP contribution in [-0.2, 0) is 4.79 Å². The van der Waals surface area contributed by atoms with Crippen LogP contribution in [0.25, 0.3) is 0 Å². The molecule has 0 saturated heterocycles. The van der Waals surface area contributed by atoms with Gasteiger partial charge in [0, 0.05) is 6.07 Å². The Morgan fingerprint density at radius 2 is 1.52 bits per heavy atom. The molecule has 7 heteroatoms. The van der Waals surface area contributed by atoms with Crippen LogP contribution in [0.1, 0.15) is 0 Å². The van der Waals surface area contributed by atoms with E-state index in [1.165, 1.54) is 6.07 Å². The summed E-state index contributed by atoms with van der Waals surface area (Å²) in [4.78, 5) is 22.8. The normalized spacial score (nSPS) is 10.1. The van der Waals surface area contributed by atoms with Gasteiger partial charge in [-0.05, 0) is 30.3 Å². The predicted molar refractivity (Wildman–Crippen MR) is 103 cm³/mol. The van der Waals surface area contributed by atoms with Crippen molar-refractivity contribution in [3.8, 4) is 11.5 Å². The molecule has 0 radical (unpaired) electrons. The summed E-state index contributed by atoms with van der Waals surface area (Å²) in [5.74, 6) is 0.803. The molecule has 3 aromatic rings. The number of para-hydroxylation sites is 5. The number of carbonyl (C=O) groups excluding carboxylic acids is 1. The maximum atomic E-state index is 12.3. The van der Waals surface area contributed by atoms with E-state index in [4.69, 9.17) is 4.74 Å². The van der Waals surface area contributed by atoms with Crippen molar-refractivity contribution in [2.75, 3.05) is 17.2 Å². The molecule has 0 fully saturated rings. The van der Waals surface area contributed by atoms with E-state index < -0.39 is 4.92 Å². The molecule has 1 amide bonds. The lowest BCUT2D eigenvalue weighted by molar-refractivity contribution is -0.383. The standard InChI is InChI=1S/C20H17N3O4/c24-20(14-21-16-10-4-6-12-18(16)23(25)26)22-17-11-5-7-13-19(17)27-15-8-2-1-3-9-15/h1-13,21H,14H2,(H,22,24). The Kier molecular flexibility index (Phi) is 5.64. The van der Waals surface area contributed by atoms with Crippen LogP contribution in [0, 0.1) is 10.1 Å². The average molecular weight is 363 g/mol. The first-order valence-electron chi connectivity index (χ1n) is 8.22. The van der Waals surface area contributed by atoms with Crippen molar-refractivity contribution in [3.63, 3.8) is 0 Å². The summed E-state index contributed by atoms with van der Waals surface area (Å²) in [6, 6.07) is 22.4. The zero-order valence-electron chi connectivity index (χ0n) is 14.3. The van der Waals surface area contributed by atoms with Crippen molar-refractivity contribution in [1.82, 2.24) is 0 Å². The number of amides is 1. The number of hydrogen-bond donors (Lipinski definition) is 2. The Hall–Kier alpha value is -3.87. The van der Waals surface area contributed by atoms with Gasteiger partial charge >= 0.3 is 0 Å². The van der Waals surface area contributed by atoms with Gasteiger partial charge < -0.3 is 15.4 Å². The number of rotatable bonds is 7. The molecule has 0 heterocycles. The highest BCUT2D eigenvalue weighted by atomic mass is 16.6. The van der Waals surface area contributed by atoms with E-state index in [9.17, 15) is 14.9 Å². The molecule has 0 unspecified atom stereocenters. The first-order chi connectivity index (χ1) is 13.1. The number of nitrogens with one attached hydrogen (secondary N) is 2. The van der Waals surface area contributed by atoms with Gasteiger partial charge in [-0.1, -0.05) is 42.5 Å². The molecule has 0 atom stereocenters. The molecule has 27 heavy (non-hydrogen) atoms. The number of nitrogens with zero attached hydrogens (tertiary/aromatic N) is 1. The monoisotopic (exact) mass is 363 g/mol. The Bertz CT molecular complexity index is 945. The molecule has 3 rings (SSSR count). The highest BCUT2D eigenvalue weighted by Gasteiger charge is 2.14. The molecule has 0 aromatic heterocycles. The third-order valence-corrected chi connectivity index (χ3v) is 3.67. The van der Waals surface area contributed by atoms with E-state index in [2.05, 4.69) is 10.6 Å². The number of hydrogen-bond acceptors (Lipinski definition) is 5. The van der Waals surface area contributed by atoms with Crippen molar-refractivity contribution < 1.29 is 14.5 Å². The van der Waals surface area contributed by atoms with Gasteiger partial charge in [0.2, 0.25) is 5.91 Å². The van der Waals surface area contributed by atoms with Gasteiger partial charge in [0.05, 0.1) is 17.2 Å². The highest BCUT2D eigenvalue weighted by molar-refractivity contribution is 5.95. The number of nitro benzene ring substituents is 1. The van der Waals surface area contributed by atoms with Crippen LogP contribution in [0.2, 0.25) is 0 Å². The van der Waals surface area contributed by atoms with E-state index in [-0.39, 0.29) is 23.8 Å². The second kappa shape index (κ2) is 8.48. The first-order valence-corrected chi connectivity index (χ1v) is 8.22. The van der Waals surface area contributed by atoms with Gasteiger partial charge in [0.25, 0.3) is 5.69 Å². The zero-order valence-corrected chi connectivity index (χ0v) is 14.3. The number of nitro groups is 1. The minimum atomic E-state index is -0.497. The van der Waals surface area contributed by atoms with Crippen LogP contribution in [0.5, 0.6) is 11.5 Å². The first kappa shape index (κ1) is 17.9. The van der Waals surface area contributed by atoms with Crippen molar-refractivity contribution >= 4 is 23.0 Å². The molecule has 0 bridgehead atoms. The molecule has 0 aliphatic rings. The second-order valence-electron chi connectivity index (χ2n) is 5.59. The highest BCUT2D eigenvalue weighted by Crippen LogP contribution is 2.29. The summed E-state index contributed by atoms with van der Waals surface area (Å²) in [6.07, 6.45) is 0. The van der Waals surface area contributed by atoms with Crippen LogP contribution in [0.15, 0.2) is 78.9 Å². The van der Waals surface area contributed by atoms with E-state index >= 15 is 0 Å². The van der Waals surface area contributed by atoms with Crippen LogP contribution in [0.3, 0.4) is 0 Å². The number of benzene rings is 3. The largest absolute Gasteiger partial charge is 0.455 e. The molecule has 3 aromatic carbocycles. The second-order valence-corrected chi connectivity index (χ2v) is 5.59. The minimum Gasteiger partial charge on any atom is -0.455 e. The van der Waals surface area contributed by atoms with E-state index in [0.29, 0.717) is 17.2 Å². The maximum absolute atomic E-state index is 12.3. The van der Waals surface area contributed by atoms with Crippen LogP contribution < -0.4 is 15.4 Å². The fourth-order valence-corrected chi connectivity index (χ4v) is 2.43. The molecule has 2 N–H and O–H groups in total. The number of anilines is 2. The van der Waals surface area contributed by atoms with Crippen LogP contribution in [0.4, 0.5) is 17.1 Å². The molecule has 0 spiro atoms. The molecule has 0 aliphatic heterocycles. The van der Waals surface area contributed by atoms with Crippen molar-refractivity contribution in [3.05, 3.63) is 89.0 Å². The smallest absolute Gasteiger partial charge is 0.292 e. The summed E-state index contributed by atoms with van der Waals surface area (Å²) in [5, 5.41) is 16.6. The third-order valence-electron chi connectivity index (χ3n) is 3.67. The molecular formula is C20H17N3O4. The van der Waals surface area contributed by atoms with Gasteiger partial charge in [-0.2, -0.15) is 0 Å². The molecule has 0 saturated carbocycles. The third kappa shape index (κ3) is 4.82. The van der Waals surface area contributed by atoms with Crippen molar-refractivity contribution in [2.45, 2.75) is 0 Å². The van der Waals surface area contributed by atoms with Crippen LogP contribution >= 0.6 is 0 Å². The quantitative estimate of drug-likeness (QED) is 0.478. The summed E-state index contributed by atoms with van der Waals surface area (Å²) < 4.78 is 5.80. The number of carbonyl (C=O) groups is 1. The topological polar surface area (TPSA) is 93.5 Å². The van der Waals surface area contributed by atoms with E-state index in [0.717, 1.165) is 0 Å². The zero-order chi connectivity index (χ0) is 19.1. The fourth-order valence-electron chi connectivity index (χ4n) is 2.43. The molecule has 7 nitrogen and oxygen atoms in total. The maximum Gasteiger partial charge on any atom is 0.292 e. The summed E-state index contributed by atoms with van der Waals surface area (Å²) in [5.41, 5.74) is 0.709. The Labute approximate surface area is 155 Å². The Morgan fingerprint density at radius 1 is 0.889 bits per heavy atom. The summed E-state index contributed by atoms with van der Waals surface area (Å²) in [6.45, 7) is -0.121. The summed E-state index contributed by atoms with van der Waals surface area (Å²) >= 11 is 0. The van der Waals surface area contributed by atoms with Crippen molar-refractivity contribution in [2.24, 2.45) is 0 Å². The SMILES string of the molecule is O=C(CNc1ccccc1[N+](=O)[O-])Nc1ccccc1Oc1ccccc1. The summed E-state index contributed by atoms with van der Waals surface area (Å²) in [7, 11) is 0. The lowest BCUT2D eigenvalue weighted by Gasteiger charge is -2.13.